The molecule has 1 N–H and O–H groups in total. The summed E-state index contributed by atoms with van der Waals surface area (Å²) in [6, 6.07) is 10.2. The summed E-state index contributed by atoms with van der Waals surface area (Å²) < 4.78 is 57.4. The van der Waals surface area contributed by atoms with Crippen molar-refractivity contribution < 1.29 is 27.1 Å². The third-order valence-electron chi connectivity index (χ3n) is 4.07. The van der Waals surface area contributed by atoms with E-state index in [0.29, 0.717) is 5.56 Å². The molecular formula is C19H15F4NO2. The van der Waals surface area contributed by atoms with Gasteiger partial charge in [0, 0.05) is 13.5 Å². The second kappa shape index (κ2) is 6.82. The van der Waals surface area contributed by atoms with Gasteiger partial charge in [0.1, 0.15) is 5.82 Å². The first-order valence-corrected chi connectivity index (χ1v) is 7.84. The molecule has 0 spiro atoms. The van der Waals surface area contributed by atoms with Crippen LogP contribution in [0.1, 0.15) is 16.7 Å². The molecule has 0 aromatic heterocycles. The molecule has 0 saturated heterocycles. The Bertz CT molecular complexity index is 857. The maximum atomic E-state index is 13.0. The van der Waals surface area contributed by atoms with E-state index in [-0.39, 0.29) is 23.4 Å². The number of carbonyl (C=O) groups excluding carboxylic acids is 1. The van der Waals surface area contributed by atoms with Gasteiger partial charge in [-0.1, -0.05) is 24.3 Å². The van der Waals surface area contributed by atoms with Crippen LogP contribution in [0.2, 0.25) is 0 Å². The fourth-order valence-corrected chi connectivity index (χ4v) is 2.80. The Balaban J connectivity index is 1.89. The molecule has 136 valence electrons. The average Bonchev–Trinajstić information content (AvgIpc) is 2.92. The lowest BCUT2D eigenvalue weighted by molar-refractivity contribution is -0.137. The van der Waals surface area contributed by atoms with Crippen molar-refractivity contribution in [1.29, 1.82) is 0 Å². The van der Waals surface area contributed by atoms with Crippen LogP contribution in [-0.2, 0) is 22.1 Å². The fraction of sp³-hybridized carbons (Fsp3) is 0.211. The highest BCUT2D eigenvalue weighted by molar-refractivity contribution is 6.25. The van der Waals surface area contributed by atoms with Gasteiger partial charge in [-0.05, 0) is 35.4 Å². The van der Waals surface area contributed by atoms with E-state index in [1.54, 1.807) is 0 Å². The molecule has 1 atom stereocenters. The molecule has 1 aliphatic rings. The molecule has 0 bridgehead atoms. The van der Waals surface area contributed by atoms with E-state index in [0.717, 1.165) is 12.1 Å². The molecule has 0 fully saturated rings. The molecule has 2 aromatic rings. The quantitative estimate of drug-likeness (QED) is 0.834. The Hall–Kier alpha value is -2.83. The lowest BCUT2D eigenvalue weighted by Gasteiger charge is -2.11. The number of halogens is 4. The highest BCUT2D eigenvalue weighted by Crippen LogP contribution is 2.34. The molecule has 0 amide bonds. The SMILES string of the molecule is CNC1=C(c2cccc(C(F)(F)F)c2)C(=O)C(Cc2ccc(F)cc2)O1. The van der Waals surface area contributed by atoms with Crippen molar-refractivity contribution in [3.8, 4) is 0 Å². The number of carbonyl (C=O) groups is 1. The summed E-state index contributed by atoms with van der Waals surface area (Å²) >= 11 is 0. The second-order valence-corrected chi connectivity index (χ2v) is 5.83. The van der Waals surface area contributed by atoms with Gasteiger partial charge in [0.15, 0.2) is 12.0 Å². The number of rotatable bonds is 4. The van der Waals surface area contributed by atoms with Crippen LogP contribution in [-0.4, -0.2) is 18.9 Å². The Kier molecular flexibility index (Phi) is 4.71. The zero-order chi connectivity index (χ0) is 18.9. The molecule has 0 radical (unpaired) electrons. The van der Waals surface area contributed by atoms with E-state index in [1.165, 1.54) is 43.4 Å². The monoisotopic (exact) mass is 365 g/mol. The van der Waals surface area contributed by atoms with Gasteiger partial charge in [-0.15, -0.1) is 0 Å². The highest BCUT2D eigenvalue weighted by Gasteiger charge is 2.37. The van der Waals surface area contributed by atoms with Crippen molar-refractivity contribution in [2.45, 2.75) is 18.7 Å². The van der Waals surface area contributed by atoms with Crippen molar-refractivity contribution in [3.05, 3.63) is 76.9 Å². The van der Waals surface area contributed by atoms with Crippen LogP contribution in [0.25, 0.3) is 5.57 Å². The third kappa shape index (κ3) is 3.56. The van der Waals surface area contributed by atoms with Gasteiger partial charge in [-0.3, -0.25) is 4.79 Å². The third-order valence-corrected chi connectivity index (χ3v) is 4.07. The minimum Gasteiger partial charge on any atom is -0.467 e. The Labute approximate surface area is 147 Å². The first kappa shape index (κ1) is 18.0. The van der Waals surface area contributed by atoms with E-state index in [4.69, 9.17) is 4.74 Å². The van der Waals surface area contributed by atoms with E-state index < -0.39 is 29.4 Å². The lowest BCUT2D eigenvalue weighted by atomic mass is 9.96. The number of hydrogen-bond donors (Lipinski definition) is 1. The Morgan fingerprint density at radius 3 is 2.42 bits per heavy atom. The number of benzene rings is 2. The molecule has 0 aliphatic carbocycles. The maximum absolute atomic E-state index is 13.0. The van der Waals surface area contributed by atoms with Crippen LogP contribution in [0, 0.1) is 5.82 Å². The van der Waals surface area contributed by atoms with Gasteiger partial charge in [0.25, 0.3) is 0 Å². The number of ketones is 1. The molecule has 0 saturated carbocycles. The van der Waals surface area contributed by atoms with Crippen molar-refractivity contribution in [1.82, 2.24) is 5.32 Å². The van der Waals surface area contributed by atoms with Crippen LogP contribution in [0.4, 0.5) is 17.6 Å². The van der Waals surface area contributed by atoms with E-state index >= 15 is 0 Å². The number of nitrogens with one attached hydrogen (secondary N) is 1. The molecule has 26 heavy (non-hydrogen) atoms. The first-order chi connectivity index (χ1) is 12.3. The summed E-state index contributed by atoms with van der Waals surface area (Å²) in [5.41, 5.74) is 0.0553. The fourth-order valence-electron chi connectivity index (χ4n) is 2.80. The summed E-state index contributed by atoms with van der Waals surface area (Å²) in [7, 11) is 1.52. The van der Waals surface area contributed by atoms with Crippen molar-refractivity contribution in [2.75, 3.05) is 7.05 Å². The molecule has 2 aromatic carbocycles. The van der Waals surface area contributed by atoms with Gasteiger partial charge in [0.2, 0.25) is 5.78 Å². The molecule has 1 unspecified atom stereocenters. The number of Topliss-reactive ketones (excluding diaryl/α,β-unsaturated/α-hetero) is 1. The summed E-state index contributed by atoms with van der Waals surface area (Å²) in [5, 5.41) is 2.72. The van der Waals surface area contributed by atoms with Crippen LogP contribution < -0.4 is 5.32 Å². The number of ether oxygens (including phenoxy) is 1. The number of alkyl halides is 3. The molecule has 3 nitrogen and oxygen atoms in total. The van der Waals surface area contributed by atoms with Gasteiger partial charge in [-0.25, -0.2) is 4.39 Å². The van der Waals surface area contributed by atoms with Gasteiger partial charge in [-0.2, -0.15) is 13.2 Å². The largest absolute Gasteiger partial charge is 0.467 e. The molecule has 1 aliphatic heterocycles. The van der Waals surface area contributed by atoms with E-state index in [2.05, 4.69) is 5.32 Å². The Morgan fingerprint density at radius 2 is 1.81 bits per heavy atom. The van der Waals surface area contributed by atoms with Gasteiger partial charge < -0.3 is 10.1 Å². The zero-order valence-corrected chi connectivity index (χ0v) is 13.7. The van der Waals surface area contributed by atoms with Crippen molar-refractivity contribution >= 4 is 11.4 Å². The minimum absolute atomic E-state index is 0.0747. The van der Waals surface area contributed by atoms with Gasteiger partial charge >= 0.3 is 6.18 Å². The predicted molar refractivity (Wildman–Crippen MR) is 87.4 cm³/mol. The number of hydrogen-bond acceptors (Lipinski definition) is 3. The van der Waals surface area contributed by atoms with Crippen LogP contribution in [0.15, 0.2) is 54.4 Å². The second-order valence-electron chi connectivity index (χ2n) is 5.83. The first-order valence-electron chi connectivity index (χ1n) is 7.84. The summed E-state index contributed by atoms with van der Waals surface area (Å²) in [6.07, 6.45) is -5.20. The lowest BCUT2D eigenvalue weighted by Crippen LogP contribution is -2.21. The average molecular weight is 365 g/mol. The summed E-state index contributed by atoms with van der Waals surface area (Å²) in [4.78, 5) is 12.7. The van der Waals surface area contributed by atoms with E-state index in [9.17, 15) is 22.4 Å². The van der Waals surface area contributed by atoms with Crippen LogP contribution in [0.3, 0.4) is 0 Å². The highest BCUT2D eigenvalue weighted by atomic mass is 19.4. The summed E-state index contributed by atoms with van der Waals surface area (Å²) in [5.74, 6) is -0.689. The molecule has 1 heterocycles. The topological polar surface area (TPSA) is 38.3 Å². The van der Waals surface area contributed by atoms with Crippen LogP contribution >= 0.6 is 0 Å². The Morgan fingerprint density at radius 1 is 1.12 bits per heavy atom. The predicted octanol–water partition coefficient (Wildman–Crippen LogP) is 3.94. The smallest absolute Gasteiger partial charge is 0.416 e. The minimum atomic E-state index is -4.51. The maximum Gasteiger partial charge on any atom is 0.416 e. The van der Waals surface area contributed by atoms with E-state index in [1.807, 2.05) is 0 Å². The summed E-state index contributed by atoms with van der Waals surface area (Å²) in [6.45, 7) is 0. The normalized spacial score (nSPS) is 17.4. The zero-order valence-electron chi connectivity index (χ0n) is 13.7. The van der Waals surface area contributed by atoms with Crippen molar-refractivity contribution in [3.63, 3.8) is 0 Å². The molecule has 3 rings (SSSR count). The standard InChI is InChI=1S/C19H15F4NO2/c1-24-18-16(12-3-2-4-13(10-12)19(21,22)23)17(25)15(26-18)9-11-5-7-14(20)8-6-11/h2-8,10,15,24H,9H2,1H3. The van der Waals surface area contributed by atoms with Crippen molar-refractivity contribution in [2.24, 2.45) is 0 Å². The molecular weight excluding hydrogens is 350 g/mol. The van der Waals surface area contributed by atoms with Gasteiger partial charge in [0.05, 0.1) is 11.1 Å². The molecule has 7 heteroatoms. The van der Waals surface area contributed by atoms with Crippen LogP contribution in [0.5, 0.6) is 0 Å².